The van der Waals surface area contributed by atoms with Crippen molar-refractivity contribution in [2.24, 2.45) is 0 Å². The molecule has 2 aromatic carbocycles. The number of hydrazine groups is 1. The largest absolute Gasteiger partial charge is 0.484 e. The molecule has 25 heavy (non-hydrogen) atoms. The Balaban J connectivity index is 1.49. The van der Waals surface area contributed by atoms with Crippen LogP contribution in [0.2, 0.25) is 0 Å². The van der Waals surface area contributed by atoms with Crippen molar-refractivity contribution in [1.29, 1.82) is 0 Å². The van der Waals surface area contributed by atoms with Gasteiger partial charge in [0.25, 0.3) is 11.8 Å². The summed E-state index contributed by atoms with van der Waals surface area (Å²) in [5.41, 5.74) is 6.37. The van der Waals surface area contributed by atoms with E-state index in [2.05, 4.69) is 21.0 Å². The Labute approximate surface area is 144 Å². The molecule has 1 heterocycles. The number of nitrogens with one attached hydrogen (secondary N) is 3. The average Bonchev–Trinajstić information content (AvgIpc) is 3.16. The van der Waals surface area contributed by atoms with Crippen LogP contribution in [0.25, 0.3) is 11.3 Å². The molecule has 0 aliphatic rings. The van der Waals surface area contributed by atoms with Crippen molar-refractivity contribution in [3.63, 3.8) is 0 Å². The highest BCUT2D eigenvalue weighted by Crippen LogP contribution is 2.16. The fourth-order valence-corrected chi connectivity index (χ4v) is 2.09. The molecule has 0 unspecified atom stereocenters. The lowest BCUT2D eigenvalue weighted by Gasteiger charge is -2.07. The normalized spacial score (nSPS) is 10.1. The van der Waals surface area contributed by atoms with Crippen LogP contribution < -0.4 is 15.6 Å². The molecule has 0 fully saturated rings. The van der Waals surface area contributed by atoms with Gasteiger partial charge in [0.1, 0.15) is 11.4 Å². The quantitative estimate of drug-likeness (QED) is 0.620. The summed E-state index contributed by atoms with van der Waals surface area (Å²) in [6.07, 6.45) is 0. The van der Waals surface area contributed by atoms with Gasteiger partial charge in [-0.25, -0.2) is 0 Å². The van der Waals surface area contributed by atoms with Gasteiger partial charge in [0.05, 0.1) is 5.69 Å². The highest BCUT2D eigenvalue weighted by molar-refractivity contribution is 5.94. The molecule has 3 rings (SSSR count). The van der Waals surface area contributed by atoms with Crippen LogP contribution in [0.4, 0.5) is 0 Å². The van der Waals surface area contributed by atoms with E-state index in [0.29, 0.717) is 11.4 Å². The lowest BCUT2D eigenvalue weighted by atomic mass is 10.1. The lowest BCUT2D eigenvalue weighted by molar-refractivity contribution is -0.123. The van der Waals surface area contributed by atoms with Crippen molar-refractivity contribution in [2.75, 3.05) is 6.61 Å². The van der Waals surface area contributed by atoms with E-state index < -0.39 is 11.8 Å². The second kappa shape index (κ2) is 7.78. The summed E-state index contributed by atoms with van der Waals surface area (Å²) >= 11 is 0. The molecular weight excluding hydrogens is 320 g/mol. The fourth-order valence-electron chi connectivity index (χ4n) is 2.09. The fraction of sp³-hybridized carbons (Fsp3) is 0.0556. The zero-order chi connectivity index (χ0) is 17.5. The van der Waals surface area contributed by atoms with E-state index in [1.54, 1.807) is 30.3 Å². The van der Waals surface area contributed by atoms with Crippen molar-refractivity contribution in [3.05, 3.63) is 72.4 Å². The molecule has 0 atom stereocenters. The molecule has 0 radical (unpaired) electrons. The zero-order valence-corrected chi connectivity index (χ0v) is 13.2. The van der Waals surface area contributed by atoms with E-state index in [9.17, 15) is 9.59 Å². The van der Waals surface area contributed by atoms with E-state index >= 15 is 0 Å². The Bertz CT molecular complexity index is 847. The van der Waals surface area contributed by atoms with Gasteiger partial charge in [0, 0.05) is 5.56 Å². The molecule has 7 nitrogen and oxygen atoms in total. The minimum atomic E-state index is -0.497. The summed E-state index contributed by atoms with van der Waals surface area (Å²) < 4.78 is 5.28. The second-order valence-electron chi connectivity index (χ2n) is 5.14. The van der Waals surface area contributed by atoms with Crippen LogP contribution in [0.3, 0.4) is 0 Å². The molecule has 3 aromatic rings. The maximum Gasteiger partial charge on any atom is 0.287 e. The van der Waals surface area contributed by atoms with Crippen LogP contribution in [0, 0.1) is 0 Å². The first-order valence-electron chi connectivity index (χ1n) is 7.60. The molecule has 0 saturated heterocycles. The number of H-pyrrole nitrogens is 1. The van der Waals surface area contributed by atoms with Gasteiger partial charge in [0.15, 0.2) is 6.61 Å². The van der Waals surface area contributed by atoms with Crippen molar-refractivity contribution in [2.45, 2.75) is 0 Å². The zero-order valence-electron chi connectivity index (χ0n) is 13.2. The van der Waals surface area contributed by atoms with Gasteiger partial charge in [-0.3, -0.25) is 25.5 Å². The first kappa shape index (κ1) is 16.3. The summed E-state index contributed by atoms with van der Waals surface area (Å²) in [5.74, 6) is -0.396. The third kappa shape index (κ3) is 4.44. The summed E-state index contributed by atoms with van der Waals surface area (Å²) in [7, 11) is 0. The number of nitrogens with zero attached hydrogens (tertiary/aromatic N) is 1. The summed E-state index contributed by atoms with van der Waals surface area (Å²) in [6.45, 7) is -0.206. The molecule has 0 bridgehead atoms. The number of carbonyl (C=O) groups is 2. The van der Waals surface area contributed by atoms with Gasteiger partial charge >= 0.3 is 0 Å². The summed E-state index contributed by atoms with van der Waals surface area (Å²) in [6, 6.07) is 20.0. The van der Waals surface area contributed by atoms with Crippen LogP contribution in [0.5, 0.6) is 5.75 Å². The van der Waals surface area contributed by atoms with Crippen LogP contribution in [0.15, 0.2) is 66.7 Å². The van der Waals surface area contributed by atoms with Crippen LogP contribution in [0.1, 0.15) is 10.5 Å². The second-order valence-corrected chi connectivity index (χ2v) is 5.14. The number of amides is 2. The molecule has 0 saturated carbocycles. The predicted octanol–water partition coefficient (Wildman–Crippen LogP) is 1.92. The Morgan fingerprint density at radius 2 is 1.64 bits per heavy atom. The number of aromatic amines is 1. The molecule has 1 aromatic heterocycles. The first-order valence-corrected chi connectivity index (χ1v) is 7.60. The van der Waals surface area contributed by atoms with E-state index in [1.165, 1.54) is 0 Å². The lowest BCUT2D eigenvalue weighted by Crippen LogP contribution is -2.43. The molecule has 3 N–H and O–H groups in total. The third-order valence-corrected chi connectivity index (χ3v) is 3.32. The number of para-hydroxylation sites is 1. The van der Waals surface area contributed by atoms with Crippen LogP contribution in [-0.2, 0) is 4.79 Å². The van der Waals surface area contributed by atoms with Crippen LogP contribution in [-0.4, -0.2) is 28.6 Å². The minimum absolute atomic E-state index is 0.206. The van der Waals surface area contributed by atoms with Crippen molar-refractivity contribution < 1.29 is 14.3 Å². The molecule has 2 amide bonds. The number of rotatable bonds is 5. The number of aromatic nitrogens is 2. The van der Waals surface area contributed by atoms with Gasteiger partial charge < -0.3 is 4.74 Å². The Kier molecular flexibility index (Phi) is 5.06. The summed E-state index contributed by atoms with van der Waals surface area (Å²) in [4.78, 5) is 23.7. The molecule has 7 heteroatoms. The third-order valence-electron chi connectivity index (χ3n) is 3.32. The predicted molar refractivity (Wildman–Crippen MR) is 91.6 cm³/mol. The Morgan fingerprint density at radius 3 is 2.36 bits per heavy atom. The van der Waals surface area contributed by atoms with E-state index in [4.69, 9.17) is 4.74 Å². The molecule has 0 spiro atoms. The molecule has 0 aliphatic carbocycles. The number of benzene rings is 2. The van der Waals surface area contributed by atoms with E-state index in [-0.39, 0.29) is 12.3 Å². The number of carbonyl (C=O) groups excluding carboxylic acids is 2. The van der Waals surface area contributed by atoms with Gasteiger partial charge in [0.2, 0.25) is 0 Å². The van der Waals surface area contributed by atoms with E-state index in [1.807, 2.05) is 36.4 Å². The highest BCUT2D eigenvalue weighted by atomic mass is 16.5. The van der Waals surface area contributed by atoms with Gasteiger partial charge in [-0.2, -0.15) is 5.10 Å². The summed E-state index contributed by atoms with van der Waals surface area (Å²) in [5, 5.41) is 6.73. The Hall–Kier alpha value is -3.61. The monoisotopic (exact) mass is 336 g/mol. The number of hydrogen-bond acceptors (Lipinski definition) is 4. The highest BCUT2D eigenvalue weighted by Gasteiger charge is 2.12. The SMILES string of the molecule is O=C(COc1ccccc1)NNC(=O)c1cc(-c2ccccc2)n[nH]1. The maximum absolute atomic E-state index is 12.0. The van der Waals surface area contributed by atoms with Gasteiger partial charge in [-0.1, -0.05) is 48.5 Å². The average molecular weight is 336 g/mol. The standard InChI is InChI=1S/C18H16N4O3/c23-17(12-25-14-9-5-2-6-10-14)21-22-18(24)16-11-15(19-20-16)13-7-3-1-4-8-13/h1-11H,12H2,(H,19,20)(H,21,23)(H,22,24). The van der Waals surface area contributed by atoms with E-state index in [0.717, 1.165) is 5.56 Å². The maximum atomic E-state index is 12.0. The van der Waals surface area contributed by atoms with Gasteiger partial charge in [-0.05, 0) is 18.2 Å². The van der Waals surface area contributed by atoms with Crippen molar-refractivity contribution in [3.8, 4) is 17.0 Å². The first-order chi connectivity index (χ1) is 12.2. The molecular formula is C18H16N4O3. The van der Waals surface area contributed by atoms with Gasteiger partial charge in [-0.15, -0.1) is 0 Å². The minimum Gasteiger partial charge on any atom is -0.484 e. The van der Waals surface area contributed by atoms with Crippen molar-refractivity contribution >= 4 is 11.8 Å². The Morgan fingerprint density at radius 1 is 0.960 bits per heavy atom. The number of ether oxygens (including phenoxy) is 1. The molecule has 126 valence electrons. The molecule has 0 aliphatic heterocycles. The topological polar surface area (TPSA) is 96.1 Å². The smallest absolute Gasteiger partial charge is 0.287 e. The van der Waals surface area contributed by atoms with Crippen LogP contribution >= 0.6 is 0 Å². The van der Waals surface area contributed by atoms with Crippen molar-refractivity contribution in [1.82, 2.24) is 21.0 Å². The number of hydrogen-bond donors (Lipinski definition) is 3.